The lowest BCUT2D eigenvalue weighted by Crippen LogP contribution is -2.49. The second-order valence-electron chi connectivity index (χ2n) is 9.45. The van der Waals surface area contributed by atoms with Crippen LogP contribution in [0.2, 0.25) is 0 Å². The Balaban J connectivity index is 1.65. The lowest BCUT2D eigenvalue weighted by Gasteiger charge is -2.25. The van der Waals surface area contributed by atoms with E-state index in [0.717, 1.165) is 48.2 Å². The van der Waals surface area contributed by atoms with Gasteiger partial charge < -0.3 is 20.8 Å². The molecule has 0 saturated heterocycles. The van der Waals surface area contributed by atoms with Crippen molar-refractivity contribution >= 4 is 17.4 Å². The third kappa shape index (κ3) is 6.69. The zero-order valence-corrected chi connectivity index (χ0v) is 18.7. The molecule has 2 atom stereocenters. The van der Waals surface area contributed by atoms with Crippen LogP contribution in [-0.2, 0) is 18.4 Å². The van der Waals surface area contributed by atoms with Crippen LogP contribution in [0.15, 0.2) is 23.6 Å². The topological polar surface area (TPSA) is 94.5 Å². The predicted molar refractivity (Wildman–Crippen MR) is 115 cm³/mol. The second-order valence-corrected chi connectivity index (χ2v) is 10.3. The monoisotopic (exact) mass is 453 g/mol. The lowest BCUT2D eigenvalue weighted by molar-refractivity contribution is 0.114. The van der Waals surface area contributed by atoms with Crippen LogP contribution in [0.4, 0.5) is 13.6 Å². The zero-order chi connectivity index (χ0) is 22.8. The van der Waals surface area contributed by atoms with Gasteiger partial charge in [0.15, 0.2) is 0 Å². The van der Waals surface area contributed by atoms with E-state index in [0.29, 0.717) is 0 Å². The summed E-state index contributed by atoms with van der Waals surface area (Å²) in [6.45, 7) is 6.60. The van der Waals surface area contributed by atoms with Crippen LogP contribution in [0.25, 0.3) is 0 Å². The van der Waals surface area contributed by atoms with E-state index >= 15 is 0 Å². The number of aliphatic hydroxyl groups excluding tert-OH is 1. The van der Waals surface area contributed by atoms with Crippen molar-refractivity contribution in [3.8, 4) is 0 Å². The summed E-state index contributed by atoms with van der Waals surface area (Å²) >= 11 is 1.59. The highest BCUT2D eigenvalue weighted by Crippen LogP contribution is 2.46. The maximum absolute atomic E-state index is 13.5. The summed E-state index contributed by atoms with van der Waals surface area (Å²) in [6.07, 6.45) is 0.200. The molecule has 0 aliphatic heterocycles. The molecule has 0 spiro atoms. The summed E-state index contributed by atoms with van der Waals surface area (Å²) < 4.78 is 27.0. The standard InChI is InChI=1S/C22H29F2N3O3S/c1-21(2,3)10-16-12-31-19(26-16)22(4-5-22)25-11-18(28)17(27-20(29)30)8-13-6-14(23)9-15(24)7-13/h6-7,9,12,17-18,25,27-28H,4-5,8,10-11H2,1-3H3,(H,29,30). The van der Waals surface area contributed by atoms with Gasteiger partial charge in [0.25, 0.3) is 0 Å². The van der Waals surface area contributed by atoms with Crippen LogP contribution >= 0.6 is 11.3 Å². The van der Waals surface area contributed by atoms with Crippen LogP contribution in [0, 0.1) is 17.0 Å². The van der Waals surface area contributed by atoms with Crippen molar-refractivity contribution in [1.82, 2.24) is 15.6 Å². The van der Waals surface area contributed by atoms with Crippen molar-refractivity contribution in [3.05, 3.63) is 51.5 Å². The van der Waals surface area contributed by atoms with Crippen molar-refractivity contribution in [1.29, 1.82) is 0 Å². The number of aliphatic hydroxyl groups is 1. The first-order valence-electron chi connectivity index (χ1n) is 10.3. The molecule has 1 heterocycles. The molecule has 2 unspecified atom stereocenters. The number of benzene rings is 1. The number of carbonyl (C=O) groups is 1. The van der Waals surface area contributed by atoms with Crippen LogP contribution in [0.1, 0.15) is 49.9 Å². The fraction of sp³-hybridized carbons (Fsp3) is 0.545. The van der Waals surface area contributed by atoms with Gasteiger partial charge in [-0.15, -0.1) is 11.3 Å². The number of rotatable bonds is 9. The molecule has 1 aromatic heterocycles. The molecule has 1 aromatic carbocycles. The van der Waals surface area contributed by atoms with E-state index in [-0.39, 0.29) is 29.5 Å². The van der Waals surface area contributed by atoms with Gasteiger partial charge in [0.05, 0.1) is 23.4 Å². The number of amides is 1. The van der Waals surface area contributed by atoms with Crippen LogP contribution in [0.5, 0.6) is 0 Å². The fourth-order valence-electron chi connectivity index (χ4n) is 3.61. The molecule has 3 rings (SSSR count). The van der Waals surface area contributed by atoms with Crippen LogP contribution < -0.4 is 10.6 Å². The molecule has 2 aromatic rings. The molecule has 170 valence electrons. The molecule has 1 aliphatic rings. The number of aromatic nitrogens is 1. The second kappa shape index (κ2) is 9.18. The lowest BCUT2D eigenvalue weighted by atomic mass is 9.91. The first-order chi connectivity index (χ1) is 14.5. The third-order valence-corrected chi connectivity index (χ3v) is 6.32. The SMILES string of the molecule is CC(C)(C)Cc1csc(C2(NCC(O)C(Cc3cc(F)cc(F)c3)NC(=O)O)CC2)n1. The molecule has 4 N–H and O–H groups in total. The summed E-state index contributed by atoms with van der Waals surface area (Å²) in [6, 6.07) is 2.10. The first-order valence-corrected chi connectivity index (χ1v) is 11.2. The largest absolute Gasteiger partial charge is 0.465 e. The quantitative estimate of drug-likeness (QED) is 0.463. The third-order valence-electron chi connectivity index (χ3n) is 5.22. The number of nitrogens with zero attached hydrogens (tertiary/aromatic N) is 1. The summed E-state index contributed by atoms with van der Waals surface area (Å²) in [5.74, 6) is -1.49. The Bertz CT molecular complexity index is 905. The first kappa shape index (κ1) is 23.6. The molecule has 0 radical (unpaired) electrons. The van der Waals surface area contributed by atoms with Crippen molar-refractivity contribution < 1.29 is 23.8 Å². The van der Waals surface area contributed by atoms with Crippen LogP contribution in [0.3, 0.4) is 0 Å². The Hall–Kier alpha value is -2.10. The predicted octanol–water partition coefficient (Wildman–Crippen LogP) is 3.83. The Kier molecular flexibility index (Phi) is 6.98. The zero-order valence-electron chi connectivity index (χ0n) is 17.9. The van der Waals surface area contributed by atoms with Gasteiger partial charge in [-0.1, -0.05) is 20.8 Å². The molecular formula is C22H29F2N3O3S. The highest BCUT2D eigenvalue weighted by Gasteiger charge is 2.47. The molecule has 1 saturated carbocycles. The molecule has 1 fully saturated rings. The van der Waals surface area contributed by atoms with Gasteiger partial charge in [-0.2, -0.15) is 0 Å². The molecular weight excluding hydrogens is 424 g/mol. The van der Waals surface area contributed by atoms with Crippen molar-refractivity contribution in [3.63, 3.8) is 0 Å². The number of nitrogens with one attached hydrogen (secondary N) is 2. The van der Waals surface area contributed by atoms with Gasteiger partial charge in [-0.05, 0) is 48.8 Å². The average molecular weight is 454 g/mol. The Morgan fingerprint density at radius 3 is 2.45 bits per heavy atom. The highest BCUT2D eigenvalue weighted by atomic mass is 32.1. The number of hydrogen-bond acceptors (Lipinski definition) is 5. The van der Waals surface area contributed by atoms with E-state index in [4.69, 9.17) is 10.1 Å². The highest BCUT2D eigenvalue weighted by molar-refractivity contribution is 7.09. The van der Waals surface area contributed by atoms with Gasteiger partial charge in [0, 0.05) is 18.0 Å². The van der Waals surface area contributed by atoms with Gasteiger partial charge >= 0.3 is 6.09 Å². The Morgan fingerprint density at radius 1 is 1.26 bits per heavy atom. The van der Waals surface area contributed by atoms with Gasteiger partial charge in [0.1, 0.15) is 16.6 Å². The minimum Gasteiger partial charge on any atom is -0.465 e. The number of hydrogen-bond donors (Lipinski definition) is 4. The molecule has 31 heavy (non-hydrogen) atoms. The maximum Gasteiger partial charge on any atom is 0.404 e. The van der Waals surface area contributed by atoms with Gasteiger partial charge in [0.2, 0.25) is 0 Å². The molecule has 9 heteroatoms. The van der Waals surface area contributed by atoms with Crippen molar-refractivity contribution in [2.75, 3.05) is 6.54 Å². The average Bonchev–Trinajstić information content (AvgIpc) is 3.28. The minimum atomic E-state index is -1.31. The van der Waals surface area contributed by atoms with E-state index in [9.17, 15) is 18.7 Å². The summed E-state index contributed by atoms with van der Waals surface area (Å²) in [4.78, 5) is 16.0. The number of thiazole rings is 1. The molecule has 1 amide bonds. The molecule has 0 bridgehead atoms. The van der Waals surface area contributed by atoms with E-state index in [1.807, 2.05) is 0 Å². The summed E-state index contributed by atoms with van der Waals surface area (Å²) in [5.41, 5.74) is 1.14. The van der Waals surface area contributed by atoms with E-state index in [1.165, 1.54) is 0 Å². The summed E-state index contributed by atoms with van der Waals surface area (Å²) in [5, 5.41) is 28.4. The Morgan fingerprint density at radius 2 is 1.90 bits per heavy atom. The van der Waals surface area contributed by atoms with E-state index in [1.54, 1.807) is 11.3 Å². The molecule has 1 aliphatic carbocycles. The molecule has 6 nitrogen and oxygen atoms in total. The van der Waals surface area contributed by atoms with E-state index < -0.39 is 29.9 Å². The minimum absolute atomic E-state index is 0.0379. The number of carboxylic acid groups (broad SMARTS) is 1. The van der Waals surface area contributed by atoms with Gasteiger partial charge in [-0.25, -0.2) is 18.6 Å². The smallest absolute Gasteiger partial charge is 0.404 e. The van der Waals surface area contributed by atoms with Crippen molar-refractivity contribution in [2.45, 2.75) is 64.1 Å². The maximum atomic E-state index is 13.5. The fourth-order valence-corrected chi connectivity index (χ4v) is 4.66. The normalized spacial score (nSPS) is 17.2. The summed E-state index contributed by atoms with van der Waals surface area (Å²) in [7, 11) is 0. The van der Waals surface area contributed by atoms with Crippen molar-refractivity contribution in [2.24, 2.45) is 5.41 Å². The number of halogens is 2. The van der Waals surface area contributed by atoms with E-state index in [2.05, 4.69) is 36.8 Å². The van der Waals surface area contributed by atoms with Crippen LogP contribution in [-0.4, -0.2) is 40.0 Å². The Labute approximate surface area is 184 Å². The van der Waals surface area contributed by atoms with Gasteiger partial charge in [-0.3, -0.25) is 0 Å².